The average Bonchev–Trinajstić information content (AvgIpc) is 2.83. The lowest BCUT2D eigenvalue weighted by Gasteiger charge is -2.07. The van der Waals surface area contributed by atoms with Crippen molar-refractivity contribution >= 4 is 17.2 Å². The highest BCUT2D eigenvalue weighted by Gasteiger charge is 2.16. The standard InChI is InChI=1S/C17H17N3O2/c1-11-8-9-20-15(10-11)18-12(2)16(20)17(21)19-13-4-6-14(22-3)7-5-13/h4-10H,1-3H3,(H,19,21). The third kappa shape index (κ3) is 2.53. The zero-order chi connectivity index (χ0) is 15.7. The molecule has 0 aliphatic rings. The number of nitrogens with zero attached hydrogens (tertiary/aromatic N) is 2. The van der Waals surface area contributed by atoms with Crippen molar-refractivity contribution in [3.63, 3.8) is 0 Å². The van der Waals surface area contributed by atoms with Crippen LogP contribution in [0.4, 0.5) is 5.69 Å². The van der Waals surface area contributed by atoms with Crippen LogP contribution in [0.15, 0.2) is 42.6 Å². The van der Waals surface area contributed by atoms with Crippen LogP contribution in [0.1, 0.15) is 21.7 Å². The highest BCUT2D eigenvalue weighted by Crippen LogP contribution is 2.18. The van der Waals surface area contributed by atoms with Gasteiger partial charge in [0.25, 0.3) is 5.91 Å². The van der Waals surface area contributed by atoms with Gasteiger partial charge in [-0.1, -0.05) is 0 Å². The van der Waals surface area contributed by atoms with Gasteiger partial charge in [0.05, 0.1) is 12.8 Å². The van der Waals surface area contributed by atoms with Crippen molar-refractivity contribution in [1.82, 2.24) is 9.38 Å². The van der Waals surface area contributed by atoms with Gasteiger partial charge in [0.1, 0.15) is 17.1 Å². The van der Waals surface area contributed by atoms with E-state index in [1.807, 2.05) is 32.2 Å². The van der Waals surface area contributed by atoms with Crippen LogP contribution in [0, 0.1) is 13.8 Å². The number of hydrogen-bond acceptors (Lipinski definition) is 3. The van der Waals surface area contributed by atoms with Crippen molar-refractivity contribution in [1.29, 1.82) is 0 Å². The summed E-state index contributed by atoms with van der Waals surface area (Å²) >= 11 is 0. The predicted octanol–water partition coefficient (Wildman–Crippen LogP) is 3.21. The maximum atomic E-state index is 12.5. The van der Waals surface area contributed by atoms with Crippen LogP contribution in [0.25, 0.3) is 5.65 Å². The summed E-state index contributed by atoms with van der Waals surface area (Å²) in [4.78, 5) is 17.0. The summed E-state index contributed by atoms with van der Waals surface area (Å²) in [6.07, 6.45) is 1.87. The van der Waals surface area contributed by atoms with Gasteiger partial charge < -0.3 is 10.1 Å². The molecule has 0 fully saturated rings. The first kappa shape index (κ1) is 14.1. The number of benzene rings is 1. The zero-order valence-corrected chi connectivity index (χ0v) is 12.8. The highest BCUT2D eigenvalue weighted by molar-refractivity contribution is 6.04. The normalized spacial score (nSPS) is 10.7. The Labute approximate surface area is 128 Å². The van der Waals surface area contributed by atoms with Crippen molar-refractivity contribution in [2.45, 2.75) is 13.8 Å². The van der Waals surface area contributed by atoms with Gasteiger partial charge in [-0.25, -0.2) is 4.98 Å². The molecule has 0 spiro atoms. The third-order valence-electron chi connectivity index (χ3n) is 3.52. The fraction of sp³-hybridized carbons (Fsp3) is 0.176. The fourth-order valence-corrected chi connectivity index (χ4v) is 2.40. The maximum Gasteiger partial charge on any atom is 0.274 e. The molecule has 3 aromatic rings. The Balaban J connectivity index is 1.93. The maximum absolute atomic E-state index is 12.5. The number of imidazole rings is 1. The Morgan fingerprint density at radius 1 is 1.18 bits per heavy atom. The second-order valence-corrected chi connectivity index (χ2v) is 5.16. The molecule has 112 valence electrons. The van der Waals surface area contributed by atoms with Gasteiger partial charge in [0.2, 0.25) is 0 Å². The monoisotopic (exact) mass is 295 g/mol. The number of methoxy groups -OCH3 is 1. The van der Waals surface area contributed by atoms with Gasteiger partial charge in [0.15, 0.2) is 0 Å². The van der Waals surface area contributed by atoms with Crippen LogP contribution in [-0.4, -0.2) is 22.4 Å². The first-order valence-electron chi connectivity index (χ1n) is 6.99. The van der Waals surface area contributed by atoms with Crippen molar-refractivity contribution in [3.8, 4) is 5.75 Å². The second-order valence-electron chi connectivity index (χ2n) is 5.16. The minimum atomic E-state index is -0.181. The van der Waals surface area contributed by atoms with E-state index < -0.39 is 0 Å². The van der Waals surface area contributed by atoms with Crippen LogP contribution < -0.4 is 10.1 Å². The topological polar surface area (TPSA) is 55.6 Å². The third-order valence-corrected chi connectivity index (χ3v) is 3.52. The summed E-state index contributed by atoms with van der Waals surface area (Å²) in [5, 5.41) is 2.89. The lowest BCUT2D eigenvalue weighted by Crippen LogP contribution is -2.15. The largest absolute Gasteiger partial charge is 0.497 e. The Morgan fingerprint density at radius 2 is 1.91 bits per heavy atom. The summed E-state index contributed by atoms with van der Waals surface area (Å²) in [6.45, 7) is 3.84. The van der Waals surface area contributed by atoms with Gasteiger partial charge >= 0.3 is 0 Å². The molecule has 0 saturated heterocycles. The Morgan fingerprint density at radius 3 is 2.59 bits per heavy atom. The molecule has 5 heteroatoms. The van der Waals surface area contributed by atoms with Gasteiger partial charge in [0, 0.05) is 11.9 Å². The molecule has 0 aliphatic heterocycles. The van der Waals surface area contributed by atoms with E-state index in [1.165, 1.54) is 0 Å². The minimum Gasteiger partial charge on any atom is -0.497 e. The summed E-state index contributed by atoms with van der Waals surface area (Å²) < 4.78 is 6.91. The van der Waals surface area contributed by atoms with Crippen LogP contribution >= 0.6 is 0 Å². The second kappa shape index (κ2) is 5.52. The number of nitrogens with one attached hydrogen (secondary N) is 1. The molecule has 22 heavy (non-hydrogen) atoms. The number of amides is 1. The number of pyridine rings is 1. The Hall–Kier alpha value is -2.82. The van der Waals surface area contributed by atoms with E-state index >= 15 is 0 Å². The average molecular weight is 295 g/mol. The minimum absolute atomic E-state index is 0.181. The SMILES string of the molecule is COc1ccc(NC(=O)c2c(C)nc3cc(C)ccn23)cc1. The number of fused-ring (bicyclic) bond motifs is 1. The van der Waals surface area contributed by atoms with E-state index in [-0.39, 0.29) is 5.91 Å². The van der Waals surface area contributed by atoms with Crippen LogP contribution in [0.5, 0.6) is 5.75 Å². The summed E-state index contributed by atoms with van der Waals surface area (Å²) in [5.74, 6) is 0.568. The number of rotatable bonds is 3. The van der Waals surface area contributed by atoms with Crippen LogP contribution in [0.2, 0.25) is 0 Å². The molecular formula is C17H17N3O2. The molecule has 0 atom stereocenters. The zero-order valence-electron chi connectivity index (χ0n) is 12.8. The molecule has 0 aliphatic carbocycles. The Kier molecular flexibility index (Phi) is 3.55. The van der Waals surface area contributed by atoms with Crippen LogP contribution in [0.3, 0.4) is 0 Å². The van der Waals surface area contributed by atoms with E-state index in [2.05, 4.69) is 10.3 Å². The lowest BCUT2D eigenvalue weighted by atomic mass is 10.2. The quantitative estimate of drug-likeness (QED) is 0.807. The van der Waals surface area contributed by atoms with Crippen LogP contribution in [-0.2, 0) is 0 Å². The van der Waals surface area contributed by atoms with E-state index in [0.717, 1.165) is 17.0 Å². The molecule has 3 rings (SSSR count). The van der Waals surface area contributed by atoms with Crippen molar-refractivity contribution < 1.29 is 9.53 Å². The summed E-state index contributed by atoms with van der Waals surface area (Å²) in [6, 6.07) is 11.1. The fourth-order valence-electron chi connectivity index (χ4n) is 2.40. The van der Waals surface area contributed by atoms with Gasteiger partial charge in [-0.05, 0) is 55.8 Å². The van der Waals surface area contributed by atoms with E-state index in [4.69, 9.17) is 4.74 Å². The molecule has 0 bridgehead atoms. The van der Waals surface area contributed by atoms with Crippen molar-refractivity contribution in [2.24, 2.45) is 0 Å². The van der Waals surface area contributed by atoms with E-state index in [0.29, 0.717) is 17.1 Å². The molecule has 2 heterocycles. The van der Waals surface area contributed by atoms with Crippen molar-refractivity contribution in [2.75, 3.05) is 12.4 Å². The molecular weight excluding hydrogens is 278 g/mol. The first-order valence-corrected chi connectivity index (χ1v) is 6.99. The van der Waals surface area contributed by atoms with Gasteiger partial charge in [-0.3, -0.25) is 9.20 Å². The molecule has 5 nitrogen and oxygen atoms in total. The molecule has 0 saturated carbocycles. The number of carbonyl (C=O) groups excluding carboxylic acids is 1. The molecule has 0 radical (unpaired) electrons. The molecule has 0 unspecified atom stereocenters. The smallest absolute Gasteiger partial charge is 0.274 e. The Bertz CT molecular complexity index is 835. The number of aromatic nitrogens is 2. The molecule has 1 aromatic carbocycles. The first-order chi connectivity index (χ1) is 10.6. The van der Waals surface area contributed by atoms with Gasteiger partial charge in [-0.15, -0.1) is 0 Å². The molecule has 1 N–H and O–H groups in total. The highest BCUT2D eigenvalue weighted by atomic mass is 16.5. The van der Waals surface area contributed by atoms with E-state index in [9.17, 15) is 4.79 Å². The number of ether oxygens (including phenoxy) is 1. The number of anilines is 1. The number of carbonyl (C=O) groups is 1. The van der Waals surface area contributed by atoms with Crippen molar-refractivity contribution in [3.05, 3.63) is 59.5 Å². The van der Waals surface area contributed by atoms with E-state index in [1.54, 1.807) is 35.8 Å². The molecule has 1 amide bonds. The number of aryl methyl sites for hydroxylation is 2. The summed E-state index contributed by atoms with van der Waals surface area (Å²) in [5.41, 5.74) is 3.85. The summed E-state index contributed by atoms with van der Waals surface area (Å²) in [7, 11) is 1.61. The lowest BCUT2D eigenvalue weighted by molar-refractivity contribution is 0.102. The number of hydrogen-bond donors (Lipinski definition) is 1. The molecule has 2 aromatic heterocycles. The van der Waals surface area contributed by atoms with Gasteiger partial charge in [-0.2, -0.15) is 0 Å². The predicted molar refractivity (Wildman–Crippen MR) is 85.6 cm³/mol.